The summed E-state index contributed by atoms with van der Waals surface area (Å²) in [5.74, 6) is -2.05. The first-order valence-electron chi connectivity index (χ1n) is 7.83. The van der Waals surface area contributed by atoms with Crippen molar-refractivity contribution in [1.82, 2.24) is 0 Å². The molecule has 138 valence electrons. The predicted molar refractivity (Wildman–Crippen MR) is 102 cm³/mol. The normalized spacial score (nSPS) is 11.1. The molecule has 0 amide bonds. The number of hydrogen-bond donors (Lipinski definition) is 4. The Hall–Kier alpha value is -3.52. The van der Waals surface area contributed by atoms with Crippen LogP contribution in [0.3, 0.4) is 0 Å². The van der Waals surface area contributed by atoms with E-state index in [-0.39, 0.29) is 16.3 Å². The molecule has 3 rings (SSSR count). The summed E-state index contributed by atoms with van der Waals surface area (Å²) in [5, 5.41) is 19.1. The Balaban J connectivity index is 2.05. The number of aromatic hydroxyl groups is 1. The Morgan fingerprint density at radius 3 is 2.26 bits per heavy atom. The van der Waals surface area contributed by atoms with E-state index in [1.54, 1.807) is 24.3 Å². The second-order valence-electron chi connectivity index (χ2n) is 5.70. The van der Waals surface area contributed by atoms with Gasteiger partial charge in [0.15, 0.2) is 5.75 Å². The van der Waals surface area contributed by atoms with E-state index in [0.29, 0.717) is 5.56 Å². The third-order valence-electron chi connectivity index (χ3n) is 3.95. The molecule has 3 aromatic carbocycles. The molecular weight excluding hydrogens is 368 g/mol. The lowest BCUT2D eigenvalue weighted by molar-refractivity contribution is 0.0694. The van der Waals surface area contributed by atoms with Gasteiger partial charge in [0.1, 0.15) is 10.5 Å². The number of rotatable bonds is 5. The minimum absolute atomic E-state index is 0.0464. The fourth-order valence-electron chi connectivity index (χ4n) is 2.65. The van der Waals surface area contributed by atoms with Crippen LogP contribution in [-0.4, -0.2) is 24.6 Å². The van der Waals surface area contributed by atoms with Gasteiger partial charge in [-0.25, -0.2) is 13.2 Å². The number of carboxylic acids is 1. The topological polar surface area (TPSA) is 130 Å². The van der Waals surface area contributed by atoms with Crippen molar-refractivity contribution in [3.63, 3.8) is 0 Å². The van der Waals surface area contributed by atoms with Crippen molar-refractivity contribution < 1.29 is 23.4 Å². The van der Waals surface area contributed by atoms with Crippen LogP contribution in [0.2, 0.25) is 0 Å². The van der Waals surface area contributed by atoms with Crippen LogP contribution in [0, 0.1) is 0 Å². The molecule has 0 aliphatic carbocycles. The van der Waals surface area contributed by atoms with E-state index in [0.717, 1.165) is 5.56 Å². The molecule has 0 fully saturated rings. The first-order chi connectivity index (χ1) is 12.8. The number of nitrogens with one attached hydrogen (secondary N) is 1. The van der Waals surface area contributed by atoms with E-state index in [1.165, 1.54) is 24.3 Å². The number of aromatic carboxylic acids is 1. The highest BCUT2D eigenvalue weighted by molar-refractivity contribution is 7.93. The van der Waals surface area contributed by atoms with Gasteiger partial charge in [0, 0.05) is 5.56 Å². The molecule has 0 aromatic heterocycles. The maximum absolute atomic E-state index is 12.8. The lowest BCUT2D eigenvalue weighted by atomic mass is 10.0. The van der Waals surface area contributed by atoms with E-state index in [9.17, 15) is 18.3 Å². The number of anilines is 2. The maximum atomic E-state index is 12.8. The van der Waals surface area contributed by atoms with Gasteiger partial charge < -0.3 is 15.9 Å². The molecule has 0 spiro atoms. The van der Waals surface area contributed by atoms with Gasteiger partial charge in [-0.3, -0.25) is 4.72 Å². The highest BCUT2D eigenvalue weighted by atomic mass is 32.2. The van der Waals surface area contributed by atoms with Crippen molar-refractivity contribution in [2.45, 2.75) is 4.90 Å². The minimum Gasteiger partial charge on any atom is -0.505 e. The number of carbonyl (C=O) groups is 1. The second kappa shape index (κ2) is 7.00. The lowest BCUT2D eigenvalue weighted by Gasteiger charge is -2.14. The van der Waals surface area contributed by atoms with Crippen molar-refractivity contribution in [3.05, 3.63) is 72.3 Å². The Labute approximate surface area is 155 Å². The average molecular weight is 384 g/mol. The third kappa shape index (κ3) is 3.56. The molecule has 0 aliphatic rings. The molecule has 8 heteroatoms. The molecular formula is C19H16N2O5S. The summed E-state index contributed by atoms with van der Waals surface area (Å²) in [7, 11) is -4.17. The summed E-state index contributed by atoms with van der Waals surface area (Å²) < 4.78 is 27.8. The van der Waals surface area contributed by atoms with Crippen LogP contribution >= 0.6 is 0 Å². The zero-order valence-electron chi connectivity index (χ0n) is 14.0. The lowest BCUT2D eigenvalue weighted by Crippen LogP contribution is -2.16. The number of phenols is 1. The van der Waals surface area contributed by atoms with Crippen molar-refractivity contribution >= 4 is 27.4 Å². The fourth-order valence-corrected chi connectivity index (χ4v) is 3.87. The quantitative estimate of drug-likeness (QED) is 0.395. The van der Waals surface area contributed by atoms with Crippen LogP contribution in [0.25, 0.3) is 11.1 Å². The first kappa shape index (κ1) is 18.3. The molecule has 27 heavy (non-hydrogen) atoms. The van der Waals surface area contributed by atoms with Crippen LogP contribution in [0.5, 0.6) is 5.75 Å². The molecule has 5 N–H and O–H groups in total. The van der Waals surface area contributed by atoms with Gasteiger partial charge in [-0.2, -0.15) is 0 Å². The Morgan fingerprint density at radius 1 is 0.926 bits per heavy atom. The van der Waals surface area contributed by atoms with E-state index in [4.69, 9.17) is 10.8 Å². The van der Waals surface area contributed by atoms with Crippen LogP contribution in [0.4, 0.5) is 11.4 Å². The Morgan fingerprint density at radius 2 is 1.59 bits per heavy atom. The summed E-state index contributed by atoms with van der Waals surface area (Å²) in [5.41, 5.74) is 6.77. The van der Waals surface area contributed by atoms with Gasteiger partial charge in [-0.05, 0) is 23.8 Å². The summed E-state index contributed by atoms with van der Waals surface area (Å²) >= 11 is 0. The smallest absolute Gasteiger partial charge is 0.339 e. The van der Waals surface area contributed by atoms with Gasteiger partial charge in [-0.15, -0.1) is 0 Å². The number of nitrogens with two attached hydrogens (primary N) is 1. The number of carboxylic acid groups (broad SMARTS) is 1. The molecule has 0 aliphatic heterocycles. The van der Waals surface area contributed by atoms with Gasteiger partial charge in [0.05, 0.1) is 11.4 Å². The molecule has 7 nitrogen and oxygen atoms in total. The van der Waals surface area contributed by atoms with Gasteiger partial charge >= 0.3 is 5.97 Å². The molecule has 0 bridgehead atoms. The molecule has 0 atom stereocenters. The van der Waals surface area contributed by atoms with Gasteiger partial charge in [-0.1, -0.05) is 48.5 Å². The Bertz CT molecular complexity index is 1110. The third-order valence-corrected chi connectivity index (χ3v) is 5.37. The average Bonchev–Trinajstić information content (AvgIpc) is 2.64. The molecule has 0 saturated carbocycles. The predicted octanol–water partition coefficient (Wildman–Crippen LogP) is 3.14. The molecule has 0 saturated heterocycles. The summed E-state index contributed by atoms with van der Waals surface area (Å²) in [4.78, 5) is 10.9. The largest absolute Gasteiger partial charge is 0.505 e. The van der Waals surface area contributed by atoms with Crippen molar-refractivity contribution in [1.29, 1.82) is 0 Å². The monoisotopic (exact) mass is 384 g/mol. The van der Waals surface area contributed by atoms with Crippen LogP contribution in [0.15, 0.2) is 71.6 Å². The highest BCUT2D eigenvalue weighted by Crippen LogP contribution is 2.34. The van der Waals surface area contributed by atoms with E-state index in [1.807, 2.05) is 18.2 Å². The number of hydrogen-bond acceptors (Lipinski definition) is 5. The van der Waals surface area contributed by atoms with Crippen LogP contribution in [-0.2, 0) is 10.0 Å². The van der Waals surface area contributed by atoms with Crippen LogP contribution in [0.1, 0.15) is 10.4 Å². The number of para-hydroxylation sites is 2. The zero-order valence-corrected chi connectivity index (χ0v) is 14.8. The van der Waals surface area contributed by atoms with Crippen molar-refractivity contribution in [3.8, 4) is 16.9 Å². The SMILES string of the molecule is Nc1c(-c2ccccc2)cccc1S(=O)(=O)Nc1cccc(C(=O)O)c1O. The molecule has 0 unspecified atom stereocenters. The highest BCUT2D eigenvalue weighted by Gasteiger charge is 2.22. The number of sulfonamides is 1. The van der Waals surface area contributed by atoms with Crippen molar-refractivity contribution in [2.75, 3.05) is 10.5 Å². The summed E-state index contributed by atoms with van der Waals surface area (Å²) in [6.45, 7) is 0. The first-order valence-corrected chi connectivity index (χ1v) is 9.31. The number of nitrogen functional groups attached to an aromatic ring is 1. The number of benzene rings is 3. The summed E-state index contributed by atoms with van der Waals surface area (Å²) in [6, 6.07) is 17.4. The summed E-state index contributed by atoms with van der Waals surface area (Å²) in [6.07, 6.45) is 0. The zero-order chi connectivity index (χ0) is 19.6. The fraction of sp³-hybridized carbons (Fsp3) is 0. The molecule has 0 heterocycles. The Kier molecular flexibility index (Phi) is 4.74. The van der Waals surface area contributed by atoms with Gasteiger partial charge in [0.25, 0.3) is 10.0 Å². The van der Waals surface area contributed by atoms with E-state index in [2.05, 4.69) is 4.72 Å². The van der Waals surface area contributed by atoms with Crippen molar-refractivity contribution in [2.24, 2.45) is 0 Å². The second-order valence-corrected chi connectivity index (χ2v) is 7.35. The minimum atomic E-state index is -4.17. The van der Waals surface area contributed by atoms with E-state index < -0.39 is 27.3 Å². The molecule has 3 aromatic rings. The maximum Gasteiger partial charge on any atom is 0.339 e. The van der Waals surface area contributed by atoms with Crippen LogP contribution < -0.4 is 10.5 Å². The standard InChI is InChI=1S/C19H16N2O5S/c20-17-13(12-6-2-1-3-7-12)8-5-11-16(17)27(25,26)21-15-10-4-9-14(18(15)22)19(23)24/h1-11,21-22H,20H2,(H,23,24). The van der Waals surface area contributed by atoms with E-state index >= 15 is 0 Å². The van der Waals surface area contributed by atoms with Gasteiger partial charge in [0.2, 0.25) is 0 Å². The molecule has 0 radical (unpaired) electrons.